The van der Waals surface area contributed by atoms with Gasteiger partial charge in [0.15, 0.2) is 0 Å². The Bertz CT molecular complexity index is 53.0. The first-order valence-corrected chi connectivity index (χ1v) is 4.74. The summed E-state index contributed by atoms with van der Waals surface area (Å²) in [6.45, 7) is 4.02. The van der Waals surface area contributed by atoms with E-state index in [4.69, 9.17) is 5.73 Å². The number of hydrogen-bond donors (Lipinski definition) is 3. The van der Waals surface area contributed by atoms with Crippen molar-refractivity contribution in [3.05, 3.63) is 0 Å². The molecule has 4 N–H and O–H groups in total. The fourth-order valence-corrected chi connectivity index (χ4v) is 1.01. The molecule has 3 nitrogen and oxygen atoms in total. The highest BCUT2D eigenvalue weighted by Gasteiger charge is 1.85. The van der Waals surface area contributed by atoms with Crippen LogP contribution >= 0.6 is 22.9 Å². The molecule has 0 atom stereocenters. The zero-order chi connectivity index (χ0) is 7.66. The Hall–Kier alpha value is 0.610. The summed E-state index contributed by atoms with van der Waals surface area (Å²) in [6, 6.07) is 0. The maximum absolute atomic E-state index is 5.32. The first kappa shape index (κ1) is 10.6. The van der Waals surface area contributed by atoms with E-state index in [0.29, 0.717) is 0 Å². The van der Waals surface area contributed by atoms with Gasteiger partial charge in [0.2, 0.25) is 0 Å². The maximum Gasteiger partial charge on any atom is 0.0169 e. The molecule has 0 saturated carbocycles. The Kier molecular flexibility index (Phi) is 10.2. The van der Waals surface area contributed by atoms with E-state index in [-0.39, 0.29) is 0 Å². The SMILES string of the molecule is NCCCNCCCNI. The topological polar surface area (TPSA) is 50.1 Å². The van der Waals surface area contributed by atoms with Crippen molar-refractivity contribution in [3.63, 3.8) is 0 Å². The lowest BCUT2D eigenvalue weighted by Gasteiger charge is -2.01. The van der Waals surface area contributed by atoms with Crippen LogP contribution in [0.2, 0.25) is 0 Å². The van der Waals surface area contributed by atoms with Crippen LogP contribution in [0.15, 0.2) is 0 Å². The predicted molar refractivity (Wildman–Crippen MR) is 53.2 cm³/mol. The largest absolute Gasteiger partial charge is 0.330 e. The van der Waals surface area contributed by atoms with Gasteiger partial charge in [0.05, 0.1) is 0 Å². The smallest absolute Gasteiger partial charge is 0.0169 e. The first-order chi connectivity index (χ1) is 4.91. The molecule has 0 rings (SSSR count). The molecule has 0 aliphatic rings. The molecule has 0 aromatic carbocycles. The van der Waals surface area contributed by atoms with Crippen LogP contribution in [-0.2, 0) is 0 Å². The van der Waals surface area contributed by atoms with Crippen LogP contribution in [0, 0.1) is 0 Å². The van der Waals surface area contributed by atoms with Crippen molar-refractivity contribution in [3.8, 4) is 0 Å². The predicted octanol–water partition coefficient (Wildman–Crippen LogP) is 0.254. The molecule has 0 aromatic rings. The van der Waals surface area contributed by atoms with Crippen LogP contribution in [-0.4, -0.2) is 26.2 Å². The van der Waals surface area contributed by atoms with Gasteiger partial charge in [-0.1, -0.05) is 0 Å². The van der Waals surface area contributed by atoms with E-state index in [9.17, 15) is 0 Å². The third-order valence-electron chi connectivity index (χ3n) is 1.18. The summed E-state index contributed by atoms with van der Waals surface area (Å²) in [5, 5.41) is 3.30. The van der Waals surface area contributed by atoms with Gasteiger partial charge >= 0.3 is 0 Å². The van der Waals surface area contributed by atoms with Gasteiger partial charge in [-0.15, -0.1) is 0 Å². The van der Waals surface area contributed by atoms with Crippen molar-refractivity contribution in [1.82, 2.24) is 8.85 Å². The van der Waals surface area contributed by atoms with Crippen molar-refractivity contribution < 1.29 is 0 Å². The molecule has 0 radical (unpaired) electrons. The summed E-state index contributed by atoms with van der Waals surface area (Å²) in [5.74, 6) is 0. The van der Waals surface area contributed by atoms with Crippen LogP contribution in [0.25, 0.3) is 0 Å². The molecule has 0 fully saturated rings. The summed E-state index contributed by atoms with van der Waals surface area (Å²) < 4.78 is 3.06. The van der Waals surface area contributed by atoms with Gasteiger partial charge in [0.25, 0.3) is 0 Å². The molecule has 0 aromatic heterocycles. The second-order valence-electron chi connectivity index (χ2n) is 2.13. The number of halogens is 1. The molecular weight excluding hydrogens is 241 g/mol. The molecule has 4 heteroatoms. The molecule has 0 aliphatic heterocycles. The van der Waals surface area contributed by atoms with E-state index in [0.717, 1.165) is 32.6 Å². The molecule has 0 heterocycles. The van der Waals surface area contributed by atoms with Crippen molar-refractivity contribution in [2.75, 3.05) is 26.2 Å². The summed E-state index contributed by atoms with van der Waals surface area (Å²) in [6.07, 6.45) is 2.27. The number of hydrogen-bond acceptors (Lipinski definition) is 3. The fourth-order valence-electron chi connectivity index (χ4n) is 0.632. The molecule has 0 aliphatic carbocycles. The van der Waals surface area contributed by atoms with E-state index in [1.54, 1.807) is 0 Å². The van der Waals surface area contributed by atoms with Crippen LogP contribution in [0.4, 0.5) is 0 Å². The Morgan fingerprint density at radius 1 is 1.10 bits per heavy atom. The minimum absolute atomic E-state index is 0.789. The van der Waals surface area contributed by atoms with Gasteiger partial charge < -0.3 is 11.1 Å². The molecule has 0 spiro atoms. The number of nitrogens with one attached hydrogen (secondary N) is 2. The zero-order valence-corrected chi connectivity index (χ0v) is 8.36. The summed E-state index contributed by atoms with van der Waals surface area (Å²) in [7, 11) is 0. The van der Waals surface area contributed by atoms with Gasteiger partial charge in [-0.2, -0.15) is 0 Å². The Labute approximate surface area is 76.6 Å². The highest BCUT2D eigenvalue weighted by Crippen LogP contribution is 1.77. The number of rotatable bonds is 7. The summed E-state index contributed by atoms with van der Waals surface area (Å²) >= 11 is 2.16. The van der Waals surface area contributed by atoms with Gasteiger partial charge in [-0.05, 0) is 32.5 Å². The van der Waals surface area contributed by atoms with Crippen LogP contribution in [0.1, 0.15) is 12.8 Å². The van der Waals surface area contributed by atoms with Crippen molar-refractivity contribution in [2.45, 2.75) is 12.8 Å². The molecular formula is C6H16IN3. The third-order valence-corrected chi connectivity index (χ3v) is 1.72. The minimum atomic E-state index is 0.789. The molecule has 62 valence electrons. The quantitative estimate of drug-likeness (QED) is 0.348. The zero-order valence-electron chi connectivity index (χ0n) is 6.20. The third kappa shape index (κ3) is 8.61. The van der Waals surface area contributed by atoms with Gasteiger partial charge in [-0.25, -0.2) is 0 Å². The van der Waals surface area contributed by atoms with Gasteiger partial charge in [0, 0.05) is 29.4 Å². The Morgan fingerprint density at radius 2 is 1.80 bits per heavy atom. The van der Waals surface area contributed by atoms with E-state index >= 15 is 0 Å². The minimum Gasteiger partial charge on any atom is -0.330 e. The lowest BCUT2D eigenvalue weighted by molar-refractivity contribution is 0.628. The van der Waals surface area contributed by atoms with Crippen molar-refractivity contribution >= 4 is 22.9 Å². The lowest BCUT2D eigenvalue weighted by Crippen LogP contribution is -2.21. The standard InChI is InChI=1S/C6H16IN3/c7-10-6-2-5-9-4-1-3-8/h9-10H,1-6,8H2. The Balaban J connectivity index is 2.65. The van der Waals surface area contributed by atoms with E-state index in [2.05, 4.69) is 31.7 Å². The molecule has 0 saturated heterocycles. The lowest BCUT2D eigenvalue weighted by atomic mass is 10.4. The summed E-state index contributed by atoms with van der Waals surface area (Å²) in [5.41, 5.74) is 5.32. The van der Waals surface area contributed by atoms with Crippen molar-refractivity contribution in [2.24, 2.45) is 5.73 Å². The number of nitrogens with two attached hydrogens (primary N) is 1. The highest BCUT2D eigenvalue weighted by atomic mass is 127. The van der Waals surface area contributed by atoms with Crippen LogP contribution in [0.5, 0.6) is 0 Å². The van der Waals surface area contributed by atoms with Gasteiger partial charge in [0.1, 0.15) is 0 Å². The second kappa shape index (κ2) is 9.61. The molecule has 0 bridgehead atoms. The van der Waals surface area contributed by atoms with Gasteiger partial charge in [-0.3, -0.25) is 3.53 Å². The van der Waals surface area contributed by atoms with E-state index in [1.165, 1.54) is 6.42 Å². The monoisotopic (exact) mass is 257 g/mol. The normalized spacial score (nSPS) is 10.2. The summed E-state index contributed by atoms with van der Waals surface area (Å²) in [4.78, 5) is 0. The molecule has 0 amide bonds. The average molecular weight is 257 g/mol. The average Bonchev–Trinajstić information content (AvgIpc) is 1.97. The van der Waals surface area contributed by atoms with E-state index in [1.807, 2.05) is 0 Å². The van der Waals surface area contributed by atoms with Crippen molar-refractivity contribution in [1.29, 1.82) is 0 Å². The highest BCUT2D eigenvalue weighted by molar-refractivity contribution is 14.1. The second-order valence-corrected chi connectivity index (χ2v) is 2.89. The molecule has 10 heavy (non-hydrogen) atoms. The molecule has 0 unspecified atom stereocenters. The van der Waals surface area contributed by atoms with E-state index < -0.39 is 0 Å². The van der Waals surface area contributed by atoms with Crippen LogP contribution in [0.3, 0.4) is 0 Å². The Morgan fingerprint density at radius 3 is 2.40 bits per heavy atom. The maximum atomic E-state index is 5.32. The first-order valence-electron chi connectivity index (χ1n) is 3.66. The fraction of sp³-hybridized carbons (Fsp3) is 1.00. The van der Waals surface area contributed by atoms with Crippen LogP contribution < -0.4 is 14.6 Å².